The molecule has 1 fully saturated rings. The third kappa shape index (κ3) is 1.79. The van der Waals surface area contributed by atoms with Crippen LogP contribution in [-0.2, 0) is 4.74 Å². The minimum atomic E-state index is -1.28. The van der Waals surface area contributed by atoms with Crippen LogP contribution in [-0.4, -0.2) is 54.8 Å². The van der Waals surface area contributed by atoms with Crippen molar-refractivity contribution in [3.63, 3.8) is 0 Å². The van der Waals surface area contributed by atoms with Crippen LogP contribution in [0.1, 0.15) is 6.23 Å². The van der Waals surface area contributed by atoms with Crippen LogP contribution in [0.5, 0.6) is 0 Å². The van der Waals surface area contributed by atoms with Crippen molar-refractivity contribution in [2.24, 2.45) is 0 Å². The molecular formula is C11H14N4O5. The van der Waals surface area contributed by atoms with E-state index in [4.69, 9.17) is 15.6 Å². The van der Waals surface area contributed by atoms with Gasteiger partial charge in [-0.05, 0) is 0 Å². The number of aliphatic hydroxyl groups is 3. The highest BCUT2D eigenvalue weighted by molar-refractivity contribution is 5.76. The van der Waals surface area contributed by atoms with E-state index in [0.717, 1.165) is 0 Å². The van der Waals surface area contributed by atoms with Crippen molar-refractivity contribution >= 4 is 16.9 Å². The zero-order valence-electron chi connectivity index (χ0n) is 10.3. The van der Waals surface area contributed by atoms with Gasteiger partial charge in [-0.1, -0.05) is 0 Å². The first-order valence-electron chi connectivity index (χ1n) is 6.00. The highest BCUT2D eigenvalue weighted by atomic mass is 16.6. The minimum absolute atomic E-state index is 0.175. The van der Waals surface area contributed by atoms with Gasteiger partial charge in [0.1, 0.15) is 29.6 Å². The van der Waals surface area contributed by atoms with Crippen molar-refractivity contribution in [2.75, 3.05) is 12.3 Å². The van der Waals surface area contributed by atoms with Crippen LogP contribution in [0.2, 0.25) is 0 Å². The van der Waals surface area contributed by atoms with E-state index in [9.17, 15) is 15.0 Å². The van der Waals surface area contributed by atoms with Crippen molar-refractivity contribution in [3.05, 3.63) is 22.7 Å². The summed E-state index contributed by atoms with van der Waals surface area (Å²) in [5.74, 6) is 0.175. The molecule has 9 heteroatoms. The second-order valence-corrected chi connectivity index (χ2v) is 4.67. The summed E-state index contributed by atoms with van der Waals surface area (Å²) in [4.78, 5) is 18.4. The number of imidazole rings is 1. The average molecular weight is 282 g/mol. The maximum Gasteiger partial charge on any atom is 0.275 e. The quantitative estimate of drug-likeness (QED) is 0.424. The first kappa shape index (κ1) is 13.1. The van der Waals surface area contributed by atoms with Crippen LogP contribution in [0, 0.1) is 0 Å². The molecule has 0 amide bonds. The van der Waals surface area contributed by atoms with Gasteiger partial charge in [0.25, 0.3) is 5.56 Å². The number of hydrogen-bond donors (Lipinski definition) is 5. The Hall–Kier alpha value is -1.94. The van der Waals surface area contributed by atoms with E-state index in [1.54, 1.807) is 0 Å². The fourth-order valence-corrected chi connectivity index (χ4v) is 2.39. The van der Waals surface area contributed by atoms with E-state index in [1.807, 2.05) is 0 Å². The largest absolute Gasteiger partial charge is 0.394 e. The maximum absolute atomic E-state index is 11.9. The number of nitrogen functional groups attached to an aromatic ring is 1. The molecule has 108 valence electrons. The SMILES string of the molecule is Nc1cc2ncn([C@@H]3O[C@H](CO)[C@@H](O)[C@@H]3O)c2c(=O)[nH]1. The number of aliphatic hydroxyl groups excluding tert-OH is 3. The molecule has 1 aliphatic heterocycles. The monoisotopic (exact) mass is 282 g/mol. The Morgan fingerprint density at radius 3 is 2.85 bits per heavy atom. The van der Waals surface area contributed by atoms with Crippen molar-refractivity contribution < 1.29 is 20.1 Å². The summed E-state index contributed by atoms with van der Waals surface area (Å²) < 4.78 is 6.68. The van der Waals surface area contributed by atoms with Crippen molar-refractivity contribution in [2.45, 2.75) is 24.5 Å². The molecule has 3 heterocycles. The molecule has 9 nitrogen and oxygen atoms in total. The second-order valence-electron chi connectivity index (χ2n) is 4.67. The number of nitrogens with one attached hydrogen (secondary N) is 1. The maximum atomic E-state index is 11.9. The summed E-state index contributed by atoms with van der Waals surface area (Å²) in [6.45, 7) is -0.440. The van der Waals surface area contributed by atoms with Crippen LogP contribution >= 0.6 is 0 Å². The number of aromatic amines is 1. The smallest absolute Gasteiger partial charge is 0.275 e. The van der Waals surface area contributed by atoms with Gasteiger partial charge in [-0.15, -0.1) is 0 Å². The van der Waals surface area contributed by atoms with E-state index in [2.05, 4.69) is 9.97 Å². The van der Waals surface area contributed by atoms with E-state index >= 15 is 0 Å². The number of hydrogen-bond acceptors (Lipinski definition) is 7. The highest BCUT2D eigenvalue weighted by Crippen LogP contribution is 2.30. The lowest BCUT2D eigenvalue weighted by Gasteiger charge is -2.16. The zero-order valence-corrected chi connectivity index (χ0v) is 10.3. The highest BCUT2D eigenvalue weighted by Gasteiger charge is 2.43. The van der Waals surface area contributed by atoms with Gasteiger partial charge in [-0.25, -0.2) is 4.98 Å². The normalized spacial score (nSPS) is 30.1. The number of ether oxygens (including phenoxy) is 1. The third-order valence-corrected chi connectivity index (χ3v) is 3.38. The van der Waals surface area contributed by atoms with Gasteiger partial charge in [0.05, 0.1) is 18.5 Å². The van der Waals surface area contributed by atoms with E-state index < -0.39 is 36.7 Å². The molecule has 0 spiro atoms. The van der Waals surface area contributed by atoms with Crippen molar-refractivity contribution in [3.8, 4) is 0 Å². The lowest BCUT2D eigenvalue weighted by molar-refractivity contribution is -0.0509. The summed E-state index contributed by atoms with van der Waals surface area (Å²) in [6.07, 6.45) is -3.12. The Morgan fingerprint density at radius 2 is 2.20 bits per heavy atom. The molecule has 0 unspecified atom stereocenters. The number of anilines is 1. The van der Waals surface area contributed by atoms with E-state index in [-0.39, 0.29) is 11.3 Å². The summed E-state index contributed by atoms with van der Waals surface area (Å²) in [7, 11) is 0. The molecule has 3 rings (SSSR count). The molecule has 1 saturated heterocycles. The van der Waals surface area contributed by atoms with Crippen LogP contribution in [0.15, 0.2) is 17.2 Å². The van der Waals surface area contributed by atoms with Gasteiger partial charge in [-0.3, -0.25) is 9.36 Å². The van der Waals surface area contributed by atoms with Crippen LogP contribution in [0.4, 0.5) is 5.82 Å². The van der Waals surface area contributed by atoms with Crippen molar-refractivity contribution in [1.29, 1.82) is 0 Å². The molecule has 2 aromatic heterocycles. The Kier molecular flexibility index (Phi) is 2.98. The van der Waals surface area contributed by atoms with Gasteiger partial charge in [-0.2, -0.15) is 0 Å². The average Bonchev–Trinajstić information content (AvgIpc) is 2.93. The first-order chi connectivity index (χ1) is 9.52. The Labute approximate surface area is 112 Å². The molecule has 0 saturated carbocycles. The van der Waals surface area contributed by atoms with Crippen LogP contribution in [0.3, 0.4) is 0 Å². The molecule has 4 atom stereocenters. The summed E-state index contributed by atoms with van der Waals surface area (Å²) in [5.41, 5.74) is 5.57. The molecule has 6 N–H and O–H groups in total. The summed E-state index contributed by atoms with van der Waals surface area (Å²) in [6, 6.07) is 1.48. The molecule has 20 heavy (non-hydrogen) atoms. The second kappa shape index (κ2) is 4.56. The van der Waals surface area contributed by atoms with Gasteiger partial charge in [0.2, 0.25) is 0 Å². The number of H-pyrrole nitrogens is 1. The fraction of sp³-hybridized carbons (Fsp3) is 0.455. The Morgan fingerprint density at radius 1 is 1.45 bits per heavy atom. The summed E-state index contributed by atoms with van der Waals surface area (Å²) >= 11 is 0. The third-order valence-electron chi connectivity index (χ3n) is 3.38. The van der Waals surface area contributed by atoms with Gasteiger partial charge < -0.3 is 30.8 Å². The molecule has 0 aliphatic carbocycles. The number of rotatable bonds is 2. The number of nitrogens with zero attached hydrogens (tertiary/aromatic N) is 2. The molecule has 1 aliphatic rings. The van der Waals surface area contributed by atoms with E-state index in [1.165, 1.54) is 17.0 Å². The van der Waals surface area contributed by atoms with Gasteiger partial charge in [0, 0.05) is 6.07 Å². The molecule has 0 bridgehead atoms. The van der Waals surface area contributed by atoms with E-state index in [0.29, 0.717) is 5.52 Å². The first-order valence-corrected chi connectivity index (χ1v) is 6.00. The van der Waals surface area contributed by atoms with Gasteiger partial charge in [0.15, 0.2) is 6.23 Å². The molecular weight excluding hydrogens is 268 g/mol. The topological polar surface area (TPSA) is 147 Å². The summed E-state index contributed by atoms with van der Waals surface area (Å²) in [5, 5.41) is 28.8. The predicted molar refractivity (Wildman–Crippen MR) is 67.8 cm³/mol. The molecule has 2 aromatic rings. The Balaban J connectivity index is 2.10. The predicted octanol–water partition coefficient (Wildman–Crippen LogP) is -2.08. The molecule has 0 radical (unpaired) electrons. The molecule has 0 aromatic carbocycles. The Bertz CT molecular complexity index is 696. The number of pyridine rings is 1. The number of nitrogens with two attached hydrogens (primary N) is 1. The number of aromatic nitrogens is 3. The number of fused-ring (bicyclic) bond motifs is 1. The minimum Gasteiger partial charge on any atom is -0.394 e. The standard InChI is InChI=1S/C11H14N4O5/c12-6-1-4-7(10(19)14-6)15(3-13-4)11-9(18)8(17)5(2-16)20-11/h1,3,5,8-9,11,16-18H,2H2,(H3,12,14,19)/t5-,8-,9+,11-/m1/s1. The fourth-order valence-electron chi connectivity index (χ4n) is 2.39. The zero-order chi connectivity index (χ0) is 14.4. The van der Waals surface area contributed by atoms with Gasteiger partial charge >= 0.3 is 0 Å². The van der Waals surface area contributed by atoms with Crippen LogP contribution in [0.25, 0.3) is 11.0 Å². The van der Waals surface area contributed by atoms with Crippen molar-refractivity contribution in [1.82, 2.24) is 14.5 Å². The lowest BCUT2D eigenvalue weighted by atomic mass is 10.1. The van der Waals surface area contributed by atoms with Crippen LogP contribution < -0.4 is 11.3 Å². The lowest BCUT2D eigenvalue weighted by Crippen LogP contribution is -2.33.